The Balaban J connectivity index is 1.90. The van der Waals surface area contributed by atoms with Crippen molar-refractivity contribution in [2.75, 3.05) is 11.5 Å². The first-order chi connectivity index (χ1) is 15.0. The van der Waals surface area contributed by atoms with Crippen LogP contribution in [0.3, 0.4) is 0 Å². The van der Waals surface area contributed by atoms with Gasteiger partial charge in [-0.1, -0.05) is 23.7 Å². The molecule has 2 aromatic carbocycles. The van der Waals surface area contributed by atoms with Gasteiger partial charge < -0.3 is 9.84 Å². The van der Waals surface area contributed by atoms with Gasteiger partial charge in [-0.3, -0.25) is 19.5 Å². The summed E-state index contributed by atoms with van der Waals surface area (Å²) >= 11 is 6.00. The standard InChI is InChI=1S/C24H19ClN2O4/c1-2-31-19-9-3-15(4-10-19)21-20(22(28)16-11-13-26-14-12-16)23(29)24(30)27(21)18-7-5-17(25)6-8-18/h3-14,21,28H,2H2,1H3/b22-20-. The van der Waals surface area contributed by atoms with Crippen LogP contribution in [-0.4, -0.2) is 28.4 Å². The molecule has 1 unspecified atom stereocenters. The molecule has 31 heavy (non-hydrogen) atoms. The molecule has 3 aromatic rings. The number of ether oxygens (including phenoxy) is 1. The van der Waals surface area contributed by atoms with Crippen LogP contribution in [0.25, 0.3) is 5.76 Å². The van der Waals surface area contributed by atoms with Crippen molar-refractivity contribution in [3.8, 4) is 5.75 Å². The van der Waals surface area contributed by atoms with E-state index < -0.39 is 17.7 Å². The number of benzene rings is 2. The third-order valence-corrected chi connectivity index (χ3v) is 5.26. The summed E-state index contributed by atoms with van der Waals surface area (Å²) < 4.78 is 5.50. The lowest BCUT2D eigenvalue weighted by molar-refractivity contribution is -0.132. The SMILES string of the molecule is CCOc1ccc(C2/C(=C(/O)c3ccncc3)C(=O)C(=O)N2c2ccc(Cl)cc2)cc1. The number of ketones is 1. The number of anilines is 1. The Morgan fingerprint density at radius 1 is 1.03 bits per heavy atom. The fourth-order valence-electron chi connectivity index (χ4n) is 3.59. The maximum absolute atomic E-state index is 13.1. The Morgan fingerprint density at radius 2 is 1.68 bits per heavy atom. The Bertz CT molecular complexity index is 1140. The highest BCUT2D eigenvalue weighted by atomic mass is 35.5. The summed E-state index contributed by atoms with van der Waals surface area (Å²) in [5.41, 5.74) is 1.57. The van der Waals surface area contributed by atoms with Crippen LogP contribution < -0.4 is 9.64 Å². The number of hydrogen-bond acceptors (Lipinski definition) is 5. The van der Waals surface area contributed by atoms with E-state index in [4.69, 9.17) is 16.3 Å². The average molecular weight is 435 g/mol. The van der Waals surface area contributed by atoms with Crippen LogP contribution in [0.2, 0.25) is 5.02 Å². The zero-order valence-electron chi connectivity index (χ0n) is 16.7. The van der Waals surface area contributed by atoms with E-state index in [0.717, 1.165) is 0 Å². The molecule has 6 nitrogen and oxygen atoms in total. The van der Waals surface area contributed by atoms with Gasteiger partial charge >= 0.3 is 0 Å². The fourth-order valence-corrected chi connectivity index (χ4v) is 3.72. The first-order valence-corrected chi connectivity index (χ1v) is 10.1. The van der Waals surface area contributed by atoms with Crippen LogP contribution in [0, 0.1) is 0 Å². The third kappa shape index (κ3) is 3.90. The summed E-state index contributed by atoms with van der Waals surface area (Å²) in [6.45, 7) is 2.41. The molecule has 0 spiro atoms. The molecule has 1 aliphatic heterocycles. The molecule has 1 N–H and O–H groups in total. The van der Waals surface area contributed by atoms with Crippen LogP contribution in [0.4, 0.5) is 5.69 Å². The van der Waals surface area contributed by atoms with E-state index in [1.807, 2.05) is 6.92 Å². The Hall–Kier alpha value is -3.64. The first kappa shape index (κ1) is 20.6. The van der Waals surface area contributed by atoms with Crippen molar-refractivity contribution < 1.29 is 19.4 Å². The van der Waals surface area contributed by atoms with Gasteiger partial charge in [-0.15, -0.1) is 0 Å². The van der Waals surface area contributed by atoms with Crippen LogP contribution in [-0.2, 0) is 9.59 Å². The second-order valence-electron chi connectivity index (χ2n) is 6.88. The van der Waals surface area contributed by atoms with E-state index in [0.29, 0.717) is 34.2 Å². The number of aliphatic hydroxyl groups excluding tert-OH is 1. The maximum Gasteiger partial charge on any atom is 0.300 e. The van der Waals surface area contributed by atoms with Gasteiger partial charge in [-0.25, -0.2) is 0 Å². The Labute approximate surface area is 184 Å². The number of amides is 1. The number of rotatable bonds is 5. The van der Waals surface area contributed by atoms with Crippen LogP contribution in [0.1, 0.15) is 24.1 Å². The lowest BCUT2D eigenvalue weighted by Crippen LogP contribution is -2.29. The summed E-state index contributed by atoms with van der Waals surface area (Å²) in [6, 6.07) is 16.1. The normalized spacial score (nSPS) is 17.7. The van der Waals surface area contributed by atoms with Gasteiger partial charge in [-0.2, -0.15) is 0 Å². The minimum absolute atomic E-state index is 0.00955. The molecular weight excluding hydrogens is 416 g/mol. The molecule has 0 saturated carbocycles. The summed E-state index contributed by atoms with van der Waals surface area (Å²) in [6.07, 6.45) is 3.02. The molecule has 0 bridgehead atoms. The highest BCUT2D eigenvalue weighted by Gasteiger charge is 2.46. The number of pyridine rings is 1. The molecule has 1 amide bonds. The number of hydrogen-bond donors (Lipinski definition) is 1. The first-order valence-electron chi connectivity index (χ1n) is 9.71. The Morgan fingerprint density at radius 3 is 2.29 bits per heavy atom. The molecule has 1 fully saturated rings. The number of halogens is 1. The highest BCUT2D eigenvalue weighted by molar-refractivity contribution is 6.51. The van der Waals surface area contributed by atoms with E-state index >= 15 is 0 Å². The molecule has 7 heteroatoms. The summed E-state index contributed by atoms with van der Waals surface area (Å²) in [5.74, 6) is -1.07. The summed E-state index contributed by atoms with van der Waals surface area (Å²) in [4.78, 5) is 31.4. The molecule has 1 saturated heterocycles. The summed E-state index contributed by atoms with van der Waals surface area (Å²) in [7, 11) is 0. The largest absolute Gasteiger partial charge is 0.507 e. The van der Waals surface area contributed by atoms with Gasteiger partial charge in [0.1, 0.15) is 11.5 Å². The monoisotopic (exact) mass is 434 g/mol. The van der Waals surface area contributed by atoms with E-state index in [-0.39, 0.29) is 11.3 Å². The lowest BCUT2D eigenvalue weighted by atomic mass is 9.95. The number of nitrogens with zero attached hydrogens (tertiary/aromatic N) is 2. The van der Waals surface area contributed by atoms with E-state index in [9.17, 15) is 14.7 Å². The number of carbonyl (C=O) groups excluding carboxylic acids is 2. The quantitative estimate of drug-likeness (QED) is 0.356. The molecule has 1 atom stereocenters. The number of aliphatic hydroxyl groups is 1. The van der Waals surface area contributed by atoms with Gasteiger partial charge in [0.25, 0.3) is 11.7 Å². The van der Waals surface area contributed by atoms with Crippen molar-refractivity contribution in [1.29, 1.82) is 0 Å². The maximum atomic E-state index is 13.1. The zero-order chi connectivity index (χ0) is 22.0. The van der Waals surface area contributed by atoms with Crippen molar-refractivity contribution in [2.24, 2.45) is 0 Å². The molecule has 156 valence electrons. The Kier molecular flexibility index (Phi) is 5.73. The van der Waals surface area contributed by atoms with Crippen molar-refractivity contribution in [1.82, 2.24) is 4.98 Å². The van der Waals surface area contributed by atoms with Crippen molar-refractivity contribution in [3.05, 3.63) is 94.8 Å². The molecule has 1 aliphatic rings. The minimum atomic E-state index is -0.815. The van der Waals surface area contributed by atoms with E-state index in [2.05, 4.69) is 4.98 Å². The van der Waals surface area contributed by atoms with Crippen molar-refractivity contribution >= 4 is 34.7 Å². The highest BCUT2D eigenvalue weighted by Crippen LogP contribution is 2.42. The fraction of sp³-hybridized carbons (Fsp3) is 0.125. The molecule has 4 rings (SSSR count). The molecular formula is C24H19ClN2O4. The van der Waals surface area contributed by atoms with Gasteiger partial charge in [0, 0.05) is 28.7 Å². The summed E-state index contributed by atoms with van der Waals surface area (Å²) in [5, 5.41) is 11.5. The predicted octanol–water partition coefficient (Wildman–Crippen LogP) is 4.76. The smallest absolute Gasteiger partial charge is 0.300 e. The van der Waals surface area contributed by atoms with E-state index in [1.54, 1.807) is 60.7 Å². The lowest BCUT2D eigenvalue weighted by Gasteiger charge is -2.25. The van der Waals surface area contributed by atoms with E-state index in [1.165, 1.54) is 17.3 Å². The molecule has 2 heterocycles. The number of aromatic nitrogens is 1. The third-order valence-electron chi connectivity index (χ3n) is 5.01. The van der Waals surface area contributed by atoms with Gasteiger partial charge in [-0.05, 0) is 61.0 Å². The van der Waals surface area contributed by atoms with Gasteiger partial charge in [0.2, 0.25) is 0 Å². The van der Waals surface area contributed by atoms with Crippen molar-refractivity contribution in [3.63, 3.8) is 0 Å². The second kappa shape index (κ2) is 8.62. The zero-order valence-corrected chi connectivity index (χ0v) is 17.4. The topological polar surface area (TPSA) is 79.7 Å². The van der Waals surface area contributed by atoms with Crippen LogP contribution in [0.5, 0.6) is 5.75 Å². The average Bonchev–Trinajstić information content (AvgIpc) is 3.06. The second-order valence-corrected chi connectivity index (χ2v) is 7.32. The molecule has 0 radical (unpaired) electrons. The number of carbonyl (C=O) groups is 2. The predicted molar refractivity (Wildman–Crippen MR) is 118 cm³/mol. The van der Waals surface area contributed by atoms with Crippen LogP contribution in [0.15, 0.2) is 78.6 Å². The molecule has 1 aromatic heterocycles. The van der Waals surface area contributed by atoms with Gasteiger partial charge in [0.15, 0.2) is 0 Å². The minimum Gasteiger partial charge on any atom is -0.507 e. The van der Waals surface area contributed by atoms with Gasteiger partial charge in [0.05, 0.1) is 18.2 Å². The van der Waals surface area contributed by atoms with Crippen LogP contribution >= 0.6 is 11.6 Å². The molecule has 0 aliphatic carbocycles. The number of Topliss-reactive ketones (excluding diaryl/α,β-unsaturated/α-hetero) is 1. The van der Waals surface area contributed by atoms with Crippen molar-refractivity contribution in [2.45, 2.75) is 13.0 Å².